The van der Waals surface area contributed by atoms with E-state index in [1.165, 1.54) is 19.3 Å². The van der Waals surface area contributed by atoms with Crippen molar-refractivity contribution >= 4 is 5.78 Å². The topological polar surface area (TPSA) is 17.1 Å². The van der Waals surface area contributed by atoms with E-state index in [9.17, 15) is 4.79 Å². The lowest BCUT2D eigenvalue weighted by Crippen LogP contribution is -2.23. The quantitative estimate of drug-likeness (QED) is 0.521. The molecule has 0 aromatic heterocycles. The van der Waals surface area contributed by atoms with Crippen LogP contribution >= 0.6 is 0 Å². The van der Waals surface area contributed by atoms with E-state index in [0.29, 0.717) is 17.6 Å². The molecule has 1 fully saturated rings. The Morgan fingerprint density at radius 2 is 1.46 bits per heavy atom. The fourth-order valence-electron chi connectivity index (χ4n) is 2.57. The number of Topliss-reactive ketones (excluding diaryl/α,β-unsaturated/α-hetero) is 1. The molecular formula is C12H18O. The second-order valence-electron chi connectivity index (χ2n) is 4.38. The van der Waals surface area contributed by atoms with E-state index in [2.05, 4.69) is 12.2 Å². The van der Waals surface area contributed by atoms with Gasteiger partial charge in [0.15, 0.2) is 0 Å². The first-order chi connectivity index (χ1) is 6.38. The third-order valence-corrected chi connectivity index (χ3v) is 3.42. The van der Waals surface area contributed by atoms with Gasteiger partial charge in [-0.1, -0.05) is 31.4 Å². The largest absolute Gasteiger partial charge is 0.299 e. The van der Waals surface area contributed by atoms with Crippen molar-refractivity contribution in [2.45, 2.75) is 44.9 Å². The average Bonchev–Trinajstić information content (AvgIpc) is 2.32. The van der Waals surface area contributed by atoms with Crippen molar-refractivity contribution in [1.29, 1.82) is 0 Å². The molecule has 2 aliphatic rings. The Balaban J connectivity index is 2.12. The molecule has 2 aliphatic carbocycles. The van der Waals surface area contributed by atoms with Crippen LogP contribution in [0, 0.1) is 11.8 Å². The van der Waals surface area contributed by atoms with Crippen LogP contribution in [0.5, 0.6) is 0 Å². The molecule has 0 radical (unpaired) electrons. The van der Waals surface area contributed by atoms with Gasteiger partial charge in [-0.15, -0.1) is 0 Å². The molecule has 13 heavy (non-hydrogen) atoms. The minimum Gasteiger partial charge on any atom is -0.299 e. The summed E-state index contributed by atoms with van der Waals surface area (Å²) < 4.78 is 0. The highest BCUT2D eigenvalue weighted by Gasteiger charge is 2.27. The number of ketones is 1. The molecule has 0 aromatic carbocycles. The summed E-state index contributed by atoms with van der Waals surface area (Å²) in [6.45, 7) is 0. The van der Waals surface area contributed by atoms with Crippen molar-refractivity contribution in [1.82, 2.24) is 0 Å². The lowest BCUT2D eigenvalue weighted by atomic mass is 9.82. The number of carbonyl (C=O) groups is 1. The lowest BCUT2D eigenvalue weighted by molar-refractivity contribution is -0.127. The molecule has 0 aromatic rings. The zero-order valence-electron chi connectivity index (χ0n) is 8.17. The number of hydrogen-bond donors (Lipinski definition) is 0. The molecular weight excluding hydrogens is 160 g/mol. The van der Waals surface area contributed by atoms with Crippen LogP contribution in [-0.4, -0.2) is 5.78 Å². The van der Waals surface area contributed by atoms with Gasteiger partial charge >= 0.3 is 0 Å². The molecule has 72 valence electrons. The summed E-state index contributed by atoms with van der Waals surface area (Å²) in [6.07, 6.45) is 12.6. The minimum absolute atomic E-state index is 0.365. The van der Waals surface area contributed by atoms with Crippen molar-refractivity contribution in [2.75, 3.05) is 0 Å². The van der Waals surface area contributed by atoms with Gasteiger partial charge in [-0.3, -0.25) is 4.79 Å². The summed E-state index contributed by atoms with van der Waals surface area (Å²) in [4.78, 5) is 12.0. The smallest absolute Gasteiger partial charge is 0.139 e. The number of fused-ring (bicyclic) bond motifs is 2. The van der Waals surface area contributed by atoms with E-state index < -0.39 is 0 Å². The maximum atomic E-state index is 12.0. The van der Waals surface area contributed by atoms with Gasteiger partial charge in [0.2, 0.25) is 0 Å². The molecule has 2 rings (SSSR count). The molecule has 0 amide bonds. The van der Waals surface area contributed by atoms with Gasteiger partial charge in [-0.2, -0.15) is 0 Å². The van der Waals surface area contributed by atoms with Crippen LogP contribution in [0.1, 0.15) is 44.9 Å². The Labute approximate surface area is 80.2 Å². The fourth-order valence-corrected chi connectivity index (χ4v) is 2.57. The summed E-state index contributed by atoms with van der Waals surface area (Å²) in [6, 6.07) is 0. The van der Waals surface area contributed by atoms with E-state index in [-0.39, 0.29) is 0 Å². The summed E-state index contributed by atoms with van der Waals surface area (Å²) in [5, 5.41) is 0. The highest BCUT2D eigenvalue weighted by Crippen LogP contribution is 2.30. The highest BCUT2D eigenvalue weighted by molar-refractivity contribution is 5.84. The van der Waals surface area contributed by atoms with Crippen LogP contribution in [0.25, 0.3) is 0 Å². The zero-order valence-corrected chi connectivity index (χ0v) is 8.17. The van der Waals surface area contributed by atoms with Crippen LogP contribution in [0.15, 0.2) is 12.2 Å². The molecule has 0 aliphatic heterocycles. The van der Waals surface area contributed by atoms with E-state index in [4.69, 9.17) is 0 Å². The van der Waals surface area contributed by atoms with Crippen LogP contribution < -0.4 is 0 Å². The zero-order chi connectivity index (χ0) is 9.10. The Morgan fingerprint density at radius 3 is 2.00 bits per heavy atom. The second kappa shape index (κ2) is 4.08. The summed E-state index contributed by atoms with van der Waals surface area (Å²) in [5.74, 6) is 1.29. The van der Waals surface area contributed by atoms with Crippen LogP contribution in [0.3, 0.4) is 0 Å². The van der Waals surface area contributed by atoms with Crippen LogP contribution in [0.4, 0.5) is 0 Å². The summed E-state index contributed by atoms with van der Waals surface area (Å²) >= 11 is 0. The van der Waals surface area contributed by atoms with Gasteiger partial charge in [-0.25, -0.2) is 0 Å². The fraction of sp³-hybridized carbons (Fsp3) is 0.750. The normalized spacial score (nSPS) is 34.9. The molecule has 2 atom stereocenters. The Kier molecular flexibility index (Phi) is 2.82. The van der Waals surface area contributed by atoms with Crippen molar-refractivity contribution in [3.8, 4) is 0 Å². The molecule has 0 N–H and O–H groups in total. The monoisotopic (exact) mass is 178 g/mol. The van der Waals surface area contributed by atoms with E-state index in [1.54, 1.807) is 0 Å². The van der Waals surface area contributed by atoms with Gasteiger partial charge in [0.1, 0.15) is 5.78 Å². The minimum atomic E-state index is 0.365. The van der Waals surface area contributed by atoms with E-state index >= 15 is 0 Å². The number of carbonyl (C=O) groups excluding carboxylic acids is 1. The molecule has 1 nitrogen and oxygen atoms in total. The third kappa shape index (κ3) is 2.01. The maximum Gasteiger partial charge on any atom is 0.139 e. The van der Waals surface area contributed by atoms with Gasteiger partial charge in [0.05, 0.1) is 0 Å². The summed E-state index contributed by atoms with van der Waals surface area (Å²) in [5.41, 5.74) is 0. The molecule has 0 saturated heterocycles. The SMILES string of the molecule is O=C1C2CC=CCC1CCCCC2. The molecule has 1 saturated carbocycles. The van der Waals surface area contributed by atoms with Crippen molar-refractivity contribution < 1.29 is 4.79 Å². The van der Waals surface area contributed by atoms with Crippen LogP contribution in [0.2, 0.25) is 0 Å². The molecule has 0 spiro atoms. The maximum absolute atomic E-state index is 12.0. The number of allylic oxidation sites excluding steroid dienone is 2. The predicted octanol–water partition coefficient (Wildman–Crippen LogP) is 3.10. The summed E-state index contributed by atoms with van der Waals surface area (Å²) in [7, 11) is 0. The first kappa shape index (κ1) is 8.98. The molecule has 1 heteroatoms. The molecule has 0 heterocycles. The van der Waals surface area contributed by atoms with Gasteiger partial charge < -0.3 is 0 Å². The standard InChI is InChI=1S/C12H18O/c13-12-10-6-2-1-3-7-11(12)9-5-4-8-10/h4-5,10-11H,1-3,6-9H2. The number of hydrogen-bond acceptors (Lipinski definition) is 1. The number of rotatable bonds is 0. The molecule has 2 unspecified atom stereocenters. The van der Waals surface area contributed by atoms with Gasteiger partial charge in [-0.05, 0) is 25.7 Å². The lowest BCUT2D eigenvalue weighted by Gasteiger charge is -2.21. The Bertz CT molecular complexity index is 197. The average molecular weight is 178 g/mol. The first-order valence-electron chi connectivity index (χ1n) is 5.56. The van der Waals surface area contributed by atoms with Crippen LogP contribution in [-0.2, 0) is 4.79 Å². The van der Waals surface area contributed by atoms with Crippen molar-refractivity contribution in [2.24, 2.45) is 11.8 Å². The predicted molar refractivity (Wildman–Crippen MR) is 53.4 cm³/mol. The second-order valence-corrected chi connectivity index (χ2v) is 4.38. The van der Waals surface area contributed by atoms with Crippen molar-refractivity contribution in [3.63, 3.8) is 0 Å². The van der Waals surface area contributed by atoms with E-state index in [1.807, 2.05) is 0 Å². The molecule has 2 bridgehead atoms. The highest BCUT2D eigenvalue weighted by atomic mass is 16.1. The van der Waals surface area contributed by atoms with E-state index in [0.717, 1.165) is 25.7 Å². The first-order valence-corrected chi connectivity index (χ1v) is 5.56. The third-order valence-electron chi connectivity index (χ3n) is 3.42. The van der Waals surface area contributed by atoms with Gasteiger partial charge in [0, 0.05) is 11.8 Å². The van der Waals surface area contributed by atoms with Crippen molar-refractivity contribution in [3.05, 3.63) is 12.2 Å². The Morgan fingerprint density at radius 1 is 0.923 bits per heavy atom. The Hall–Kier alpha value is -0.590. The van der Waals surface area contributed by atoms with Gasteiger partial charge in [0.25, 0.3) is 0 Å².